The van der Waals surface area contributed by atoms with Gasteiger partial charge < -0.3 is 5.32 Å². The first-order valence-electron chi connectivity index (χ1n) is 9.06. The second-order valence-corrected chi connectivity index (χ2v) is 8.55. The maximum absolute atomic E-state index is 13.8. The zero-order chi connectivity index (χ0) is 19.4. The van der Waals surface area contributed by atoms with E-state index in [0.717, 1.165) is 25.7 Å². The van der Waals surface area contributed by atoms with E-state index in [0.29, 0.717) is 11.1 Å². The van der Waals surface area contributed by atoms with Gasteiger partial charge in [-0.3, -0.25) is 9.52 Å². The highest BCUT2D eigenvalue weighted by Crippen LogP contribution is 2.22. The fraction of sp³-hybridized carbons (Fsp3) is 0.350. The number of aryl methyl sites for hydroxylation is 1. The molecule has 0 unspecified atom stereocenters. The van der Waals surface area contributed by atoms with E-state index in [1.165, 1.54) is 36.8 Å². The van der Waals surface area contributed by atoms with Crippen LogP contribution in [0.2, 0.25) is 0 Å². The molecule has 3 rings (SSSR count). The van der Waals surface area contributed by atoms with Crippen molar-refractivity contribution in [3.05, 3.63) is 59.4 Å². The van der Waals surface area contributed by atoms with Crippen LogP contribution >= 0.6 is 0 Å². The molecule has 144 valence electrons. The number of rotatable bonds is 5. The Morgan fingerprint density at radius 2 is 1.78 bits per heavy atom. The van der Waals surface area contributed by atoms with Gasteiger partial charge in [0, 0.05) is 11.6 Å². The van der Waals surface area contributed by atoms with Gasteiger partial charge >= 0.3 is 0 Å². The van der Waals surface area contributed by atoms with Crippen LogP contribution in [0.3, 0.4) is 0 Å². The first kappa shape index (κ1) is 19.4. The van der Waals surface area contributed by atoms with Gasteiger partial charge in [-0.2, -0.15) is 0 Å². The molecule has 2 N–H and O–H groups in total. The molecule has 1 fully saturated rings. The quantitative estimate of drug-likeness (QED) is 0.810. The van der Waals surface area contributed by atoms with E-state index in [9.17, 15) is 17.6 Å². The molecule has 1 saturated carbocycles. The van der Waals surface area contributed by atoms with Crippen molar-refractivity contribution in [3.63, 3.8) is 0 Å². The Bertz CT molecular complexity index is 938. The zero-order valence-electron chi connectivity index (χ0n) is 15.2. The van der Waals surface area contributed by atoms with Gasteiger partial charge in [0.05, 0.1) is 10.6 Å². The van der Waals surface area contributed by atoms with Gasteiger partial charge in [0.2, 0.25) is 0 Å². The molecule has 2 aromatic rings. The van der Waals surface area contributed by atoms with E-state index in [2.05, 4.69) is 10.0 Å². The number of benzene rings is 2. The molecule has 0 radical (unpaired) electrons. The molecule has 0 atom stereocenters. The van der Waals surface area contributed by atoms with Crippen LogP contribution in [0.15, 0.2) is 47.4 Å². The van der Waals surface area contributed by atoms with E-state index >= 15 is 0 Å². The predicted molar refractivity (Wildman–Crippen MR) is 103 cm³/mol. The fourth-order valence-electron chi connectivity index (χ4n) is 3.27. The summed E-state index contributed by atoms with van der Waals surface area (Å²) in [6, 6.07) is 10.0. The summed E-state index contributed by atoms with van der Waals surface area (Å²) in [6.07, 6.45) is 5.24. The van der Waals surface area contributed by atoms with Crippen molar-refractivity contribution in [1.29, 1.82) is 0 Å². The number of halogens is 1. The molecule has 5 nitrogen and oxygen atoms in total. The van der Waals surface area contributed by atoms with Crippen LogP contribution in [-0.2, 0) is 10.0 Å². The maximum Gasteiger partial charge on any atom is 0.262 e. The van der Waals surface area contributed by atoms with Gasteiger partial charge in [-0.25, -0.2) is 12.8 Å². The van der Waals surface area contributed by atoms with Crippen LogP contribution < -0.4 is 10.0 Å². The van der Waals surface area contributed by atoms with Gasteiger partial charge in [0.15, 0.2) is 0 Å². The molecule has 1 aliphatic rings. The molecule has 2 aromatic carbocycles. The van der Waals surface area contributed by atoms with Crippen molar-refractivity contribution in [1.82, 2.24) is 5.32 Å². The molecule has 0 saturated heterocycles. The van der Waals surface area contributed by atoms with Crippen LogP contribution in [0.1, 0.15) is 48.0 Å². The molecule has 1 amide bonds. The number of carbonyl (C=O) groups is 1. The highest BCUT2D eigenvalue weighted by Gasteiger charge is 2.21. The zero-order valence-corrected chi connectivity index (χ0v) is 16.0. The lowest BCUT2D eigenvalue weighted by Crippen LogP contribution is -2.36. The summed E-state index contributed by atoms with van der Waals surface area (Å²) in [6.45, 7) is 1.76. The largest absolute Gasteiger partial charge is 0.349 e. The molecule has 0 aromatic heterocycles. The van der Waals surface area contributed by atoms with E-state index in [4.69, 9.17) is 0 Å². The third kappa shape index (κ3) is 4.66. The Morgan fingerprint density at radius 1 is 1.07 bits per heavy atom. The van der Waals surface area contributed by atoms with Crippen LogP contribution in [0.4, 0.5) is 10.1 Å². The first-order chi connectivity index (χ1) is 12.9. The van der Waals surface area contributed by atoms with Crippen LogP contribution in [0.25, 0.3) is 0 Å². The van der Waals surface area contributed by atoms with E-state index in [1.807, 2.05) is 0 Å². The number of sulfonamides is 1. The van der Waals surface area contributed by atoms with Gasteiger partial charge in [0.1, 0.15) is 5.82 Å². The number of nitrogens with one attached hydrogen (secondary N) is 2. The SMILES string of the molecule is Cc1ccc(S(=O)(=O)Nc2ccccc2F)cc1C(=O)NC1CCCCC1. The van der Waals surface area contributed by atoms with Gasteiger partial charge in [0.25, 0.3) is 15.9 Å². The Labute approximate surface area is 159 Å². The average Bonchev–Trinajstić information content (AvgIpc) is 2.64. The lowest BCUT2D eigenvalue weighted by molar-refractivity contribution is 0.0927. The predicted octanol–water partition coefficient (Wildman–Crippen LogP) is 4.00. The maximum atomic E-state index is 13.8. The number of carbonyl (C=O) groups excluding carboxylic acids is 1. The fourth-order valence-corrected chi connectivity index (χ4v) is 4.36. The smallest absolute Gasteiger partial charge is 0.262 e. The number of hydrogen-bond acceptors (Lipinski definition) is 3. The lowest BCUT2D eigenvalue weighted by atomic mass is 9.95. The molecule has 1 aliphatic carbocycles. The number of para-hydroxylation sites is 1. The number of amides is 1. The van der Waals surface area contributed by atoms with Crippen LogP contribution in [-0.4, -0.2) is 20.4 Å². The van der Waals surface area contributed by atoms with E-state index in [-0.39, 0.29) is 22.5 Å². The van der Waals surface area contributed by atoms with Crippen LogP contribution in [0.5, 0.6) is 0 Å². The van der Waals surface area contributed by atoms with Gasteiger partial charge in [-0.05, 0) is 49.6 Å². The third-order valence-corrected chi connectivity index (χ3v) is 6.19. The second kappa shape index (κ2) is 8.08. The van der Waals surface area contributed by atoms with Crippen molar-refractivity contribution in [2.75, 3.05) is 4.72 Å². The van der Waals surface area contributed by atoms with Crippen LogP contribution in [0, 0.1) is 12.7 Å². The third-order valence-electron chi connectivity index (χ3n) is 4.82. The second-order valence-electron chi connectivity index (χ2n) is 6.87. The molecule has 0 aliphatic heterocycles. The van der Waals surface area contributed by atoms with Crippen molar-refractivity contribution in [3.8, 4) is 0 Å². The summed E-state index contributed by atoms with van der Waals surface area (Å²) >= 11 is 0. The highest BCUT2D eigenvalue weighted by molar-refractivity contribution is 7.92. The normalized spacial score (nSPS) is 15.3. The van der Waals surface area contributed by atoms with E-state index < -0.39 is 15.8 Å². The Kier molecular flexibility index (Phi) is 5.79. The van der Waals surface area contributed by atoms with Crippen molar-refractivity contribution in [2.24, 2.45) is 0 Å². The average molecular weight is 390 g/mol. The topological polar surface area (TPSA) is 75.3 Å². The van der Waals surface area contributed by atoms with Crippen molar-refractivity contribution >= 4 is 21.6 Å². The number of anilines is 1. The minimum Gasteiger partial charge on any atom is -0.349 e. The molecule has 0 bridgehead atoms. The summed E-state index contributed by atoms with van der Waals surface area (Å²) in [7, 11) is -4.01. The highest BCUT2D eigenvalue weighted by atomic mass is 32.2. The monoisotopic (exact) mass is 390 g/mol. The van der Waals surface area contributed by atoms with E-state index in [1.54, 1.807) is 19.1 Å². The molecular formula is C20H23FN2O3S. The minimum absolute atomic E-state index is 0.0786. The molecule has 0 heterocycles. The van der Waals surface area contributed by atoms with Gasteiger partial charge in [-0.15, -0.1) is 0 Å². The summed E-state index contributed by atoms with van der Waals surface area (Å²) in [5.74, 6) is -0.939. The number of hydrogen-bond donors (Lipinski definition) is 2. The van der Waals surface area contributed by atoms with Crippen molar-refractivity contribution < 1.29 is 17.6 Å². The Hall–Kier alpha value is -2.41. The van der Waals surface area contributed by atoms with Crippen molar-refractivity contribution in [2.45, 2.75) is 50.0 Å². The Balaban J connectivity index is 1.83. The standard InChI is InChI=1S/C20H23FN2O3S/c1-14-11-12-16(27(25,26)23-19-10-6-5-9-18(19)21)13-17(14)20(24)22-15-7-3-2-4-8-15/h5-6,9-13,15,23H,2-4,7-8H2,1H3,(H,22,24). The summed E-state index contributed by atoms with van der Waals surface area (Å²) in [5, 5.41) is 3.00. The first-order valence-corrected chi connectivity index (χ1v) is 10.5. The minimum atomic E-state index is -4.01. The summed E-state index contributed by atoms with van der Waals surface area (Å²) in [4.78, 5) is 12.6. The molecule has 7 heteroatoms. The lowest BCUT2D eigenvalue weighted by Gasteiger charge is -2.23. The van der Waals surface area contributed by atoms with Gasteiger partial charge in [-0.1, -0.05) is 37.5 Å². The summed E-state index contributed by atoms with van der Waals surface area (Å²) in [5.41, 5.74) is 0.872. The molecular weight excluding hydrogens is 367 g/mol. The Morgan fingerprint density at radius 3 is 2.48 bits per heavy atom. The molecule has 27 heavy (non-hydrogen) atoms. The summed E-state index contributed by atoms with van der Waals surface area (Å²) < 4.78 is 41.3. The molecule has 0 spiro atoms.